The van der Waals surface area contributed by atoms with Crippen LogP contribution in [0.3, 0.4) is 0 Å². The van der Waals surface area contributed by atoms with E-state index >= 15 is 0 Å². The average Bonchev–Trinajstić information content (AvgIpc) is 2.33. The van der Waals surface area contributed by atoms with E-state index in [1.54, 1.807) is 25.1 Å². The second-order valence-corrected chi connectivity index (χ2v) is 2.98. The maximum Gasteiger partial charge on any atom is 0.248 e. The summed E-state index contributed by atoms with van der Waals surface area (Å²) in [4.78, 5) is 23.4. The van der Waals surface area contributed by atoms with Crippen molar-refractivity contribution in [1.82, 2.24) is 4.81 Å². The second kappa shape index (κ2) is 2.45. The van der Waals surface area contributed by atoms with Crippen LogP contribution in [0.5, 0.6) is 0 Å². The van der Waals surface area contributed by atoms with Gasteiger partial charge in [-0.05, 0) is 18.6 Å². The summed E-state index contributed by atoms with van der Waals surface area (Å²) >= 11 is 0. The number of imide groups is 1. The maximum atomic E-state index is 11.4. The molecule has 13 heavy (non-hydrogen) atoms. The molecule has 0 saturated heterocycles. The van der Waals surface area contributed by atoms with Crippen LogP contribution in [0.25, 0.3) is 0 Å². The standard InChI is InChI=1S/C9H6BNO2/c1-5-3-2-4-6-7(5)9(13)11(10)8(6)12/h2-4H,1H3. The quantitative estimate of drug-likeness (QED) is 0.425. The van der Waals surface area contributed by atoms with Crippen molar-refractivity contribution >= 4 is 19.8 Å². The van der Waals surface area contributed by atoms with Crippen LogP contribution in [-0.4, -0.2) is 24.6 Å². The third kappa shape index (κ3) is 0.916. The highest BCUT2D eigenvalue weighted by atomic mass is 16.2. The molecule has 1 aromatic rings. The minimum absolute atomic E-state index is 0.396. The number of fused-ring (bicyclic) bond motifs is 1. The number of carbonyl (C=O) groups excluding carboxylic acids is 2. The molecule has 1 aliphatic heterocycles. The van der Waals surface area contributed by atoms with Gasteiger partial charge in [0.2, 0.25) is 19.8 Å². The minimum Gasteiger partial charge on any atom is -0.332 e. The van der Waals surface area contributed by atoms with E-state index in [-0.39, 0.29) is 0 Å². The molecular formula is C9H6BNO2. The number of aryl methyl sites for hydroxylation is 1. The van der Waals surface area contributed by atoms with E-state index < -0.39 is 11.8 Å². The highest BCUT2D eigenvalue weighted by Crippen LogP contribution is 2.23. The molecular weight excluding hydrogens is 165 g/mol. The number of benzene rings is 1. The molecule has 0 N–H and O–H groups in total. The molecule has 1 aromatic carbocycles. The Morgan fingerprint density at radius 2 is 1.92 bits per heavy atom. The molecule has 1 aliphatic rings. The summed E-state index contributed by atoms with van der Waals surface area (Å²) in [6.07, 6.45) is 0. The van der Waals surface area contributed by atoms with Gasteiger partial charge >= 0.3 is 0 Å². The smallest absolute Gasteiger partial charge is 0.248 e. The molecule has 0 atom stereocenters. The van der Waals surface area contributed by atoms with Crippen LogP contribution in [0.2, 0.25) is 0 Å². The van der Waals surface area contributed by atoms with Gasteiger partial charge in [0.25, 0.3) is 0 Å². The van der Waals surface area contributed by atoms with E-state index in [4.69, 9.17) is 7.98 Å². The molecule has 62 valence electrons. The molecule has 0 unspecified atom stereocenters. The lowest BCUT2D eigenvalue weighted by Crippen LogP contribution is -2.26. The Balaban J connectivity index is 2.74. The molecule has 0 fully saturated rings. The maximum absolute atomic E-state index is 11.4. The highest BCUT2D eigenvalue weighted by molar-refractivity contribution is 6.36. The van der Waals surface area contributed by atoms with Crippen LogP contribution in [0.15, 0.2) is 18.2 Å². The van der Waals surface area contributed by atoms with E-state index in [9.17, 15) is 9.59 Å². The summed E-state index contributed by atoms with van der Waals surface area (Å²) in [7, 11) is 5.28. The third-order valence-corrected chi connectivity index (χ3v) is 2.15. The molecule has 0 saturated carbocycles. The van der Waals surface area contributed by atoms with Gasteiger partial charge in [0.1, 0.15) is 0 Å². The van der Waals surface area contributed by atoms with Crippen LogP contribution in [0.1, 0.15) is 26.3 Å². The Morgan fingerprint density at radius 3 is 2.54 bits per heavy atom. The SMILES string of the molecule is [B]N1C(=O)c2cccc(C)c2C1=O. The van der Waals surface area contributed by atoms with Gasteiger partial charge in [0.05, 0.1) is 11.1 Å². The zero-order chi connectivity index (χ0) is 9.59. The van der Waals surface area contributed by atoms with Gasteiger partial charge in [0.15, 0.2) is 0 Å². The Bertz CT molecular complexity index is 414. The summed E-state index contributed by atoms with van der Waals surface area (Å²) < 4.78 is 0. The highest BCUT2D eigenvalue weighted by Gasteiger charge is 2.32. The summed E-state index contributed by atoms with van der Waals surface area (Å²) in [6.45, 7) is 1.78. The summed E-state index contributed by atoms with van der Waals surface area (Å²) in [6, 6.07) is 5.12. The zero-order valence-electron chi connectivity index (χ0n) is 7.07. The van der Waals surface area contributed by atoms with Crippen molar-refractivity contribution < 1.29 is 9.59 Å². The monoisotopic (exact) mass is 171 g/mol. The van der Waals surface area contributed by atoms with Crippen molar-refractivity contribution in [2.24, 2.45) is 0 Å². The molecule has 0 bridgehead atoms. The van der Waals surface area contributed by atoms with E-state index in [0.717, 1.165) is 5.56 Å². The predicted octanol–water partition coefficient (Wildman–Crippen LogP) is 0.675. The first-order chi connectivity index (χ1) is 6.13. The van der Waals surface area contributed by atoms with Gasteiger partial charge in [0, 0.05) is 0 Å². The first-order valence-corrected chi connectivity index (χ1v) is 3.86. The molecule has 4 heteroatoms. The molecule has 0 aliphatic carbocycles. The topological polar surface area (TPSA) is 37.4 Å². The first kappa shape index (κ1) is 8.04. The van der Waals surface area contributed by atoms with Crippen LogP contribution in [-0.2, 0) is 0 Å². The van der Waals surface area contributed by atoms with E-state index in [0.29, 0.717) is 15.9 Å². The number of nitrogens with zero attached hydrogens (tertiary/aromatic N) is 1. The summed E-state index contributed by atoms with van der Waals surface area (Å²) in [5.74, 6) is -0.846. The second-order valence-electron chi connectivity index (χ2n) is 2.98. The number of hydrogen-bond acceptors (Lipinski definition) is 2. The lowest BCUT2D eigenvalue weighted by molar-refractivity contribution is 0.0766. The predicted molar refractivity (Wildman–Crippen MR) is 47.4 cm³/mol. The van der Waals surface area contributed by atoms with Gasteiger partial charge in [-0.25, -0.2) is 0 Å². The van der Waals surface area contributed by atoms with Gasteiger partial charge in [-0.2, -0.15) is 0 Å². The molecule has 3 nitrogen and oxygen atoms in total. The first-order valence-electron chi connectivity index (χ1n) is 3.86. The van der Waals surface area contributed by atoms with Gasteiger partial charge in [-0.15, -0.1) is 0 Å². The third-order valence-electron chi connectivity index (χ3n) is 2.15. The Morgan fingerprint density at radius 1 is 1.23 bits per heavy atom. The van der Waals surface area contributed by atoms with E-state index in [1.807, 2.05) is 0 Å². The van der Waals surface area contributed by atoms with Crippen molar-refractivity contribution in [3.8, 4) is 0 Å². The minimum atomic E-state index is -0.427. The van der Waals surface area contributed by atoms with Crippen LogP contribution in [0.4, 0.5) is 0 Å². The van der Waals surface area contributed by atoms with Crippen LogP contribution >= 0.6 is 0 Å². The normalized spacial score (nSPS) is 15.0. The van der Waals surface area contributed by atoms with E-state index in [2.05, 4.69) is 0 Å². The van der Waals surface area contributed by atoms with Crippen LogP contribution < -0.4 is 0 Å². The molecule has 2 amide bonds. The summed E-state index contributed by atoms with van der Waals surface area (Å²) in [5.41, 5.74) is 1.60. The number of carbonyl (C=O) groups is 2. The number of rotatable bonds is 0. The van der Waals surface area contributed by atoms with Gasteiger partial charge < -0.3 is 4.81 Å². The lowest BCUT2D eigenvalue weighted by atomic mass is 10.0. The van der Waals surface area contributed by atoms with Crippen molar-refractivity contribution in [1.29, 1.82) is 0 Å². The fraction of sp³-hybridized carbons (Fsp3) is 0.111. The largest absolute Gasteiger partial charge is 0.332 e. The molecule has 1 heterocycles. The Kier molecular flexibility index (Phi) is 1.52. The van der Waals surface area contributed by atoms with Gasteiger partial charge in [-0.3, -0.25) is 9.59 Å². The van der Waals surface area contributed by atoms with Gasteiger partial charge in [-0.1, -0.05) is 12.1 Å². The Labute approximate surface area is 76.8 Å². The molecule has 0 aromatic heterocycles. The Hall–Kier alpha value is -1.58. The average molecular weight is 171 g/mol. The molecule has 0 spiro atoms. The van der Waals surface area contributed by atoms with Crippen LogP contribution in [0, 0.1) is 6.92 Å². The fourth-order valence-corrected chi connectivity index (χ4v) is 1.47. The molecule has 2 rings (SSSR count). The lowest BCUT2D eigenvalue weighted by Gasteiger charge is -2.03. The van der Waals surface area contributed by atoms with Crippen molar-refractivity contribution in [3.05, 3.63) is 34.9 Å². The van der Waals surface area contributed by atoms with Crippen molar-refractivity contribution in [2.45, 2.75) is 6.92 Å². The summed E-state index contributed by atoms with van der Waals surface area (Å²) in [5, 5.41) is 0. The van der Waals surface area contributed by atoms with E-state index in [1.165, 1.54) is 0 Å². The number of amides is 2. The molecule has 2 radical (unpaired) electrons. The zero-order valence-corrected chi connectivity index (χ0v) is 7.07. The van der Waals surface area contributed by atoms with Crippen molar-refractivity contribution in [3.63, 3.8) is 0 Å². The fourth-order valence-electron chi connectivity index (χ4n) is 1.47. The van der Waals surface area contributed by atoms with Crippen molar-refractivity contribution in [2.75, 3.05) is 0 Å². The number of hydrogen-bond donors (Lipinski definition) is 0.